The van der Waals surface area contributed by atoms with E-state index in [0.717, 1.165) is 11.3 Å². The quantitative estimate of drug-likeness (QED) is 0.558. The highest BCUT2D eigenvalue weighted by atomic mass is 35.5. The van der Waals surface area contributed by atoms with Gasteiger partial charge in [-0.25, -0.2) is 4.79 Å². The van der Waals surface area contributed by atoms with Crippen LogP contribution in [-0.2, 0) is 11.3 Å². The Morgan fingerprint density at radius 3 is 2.51 bits per heavy atom. The summed E-state index contributed by atoms with van der Waals surface area (Å²) in [4.78, 5) is 34.1. The van der Waals surface area contributed by atoms with Gasteiger partial charge >= 0.3 is 6.09 Å². The van der Waals surface area contributed by atoms with Crippen molar-refractivity contribution in [2.45, 2.75) is 26.4 Å². The van der Waals surface area contributed by atoms with Crippen LogP contribution in [0.15, 0.2) is 59.5 Å². The molecule has 35 heavy (non-hydrogen) atoms. The fraction of sp³-hybridized carbons (Fsp3) is 0.346. The fourth-order valence-corrected chi connectivity index (χ4v) is 4.72. The normalized spacial score (nSPS) is 15.1. The van der Waals surface area contributed by atoms with Crippen molar-refractivity contribution >= 4 is 17.7 Å². The maximum Gasteiger partial charge on any atom is 0.409 e. The van der Waals surface area contributed by atoms with E-state index in [-0.39, 0.29) is 29.5 Å². The second kappa shape index (κ2) is 10.9. The van der Waals surface area contributed by atoms with Crippen LogP contribution >= 0.6 is 11.6 Å². The molecule has 184 valence electrons. The molecule has 8 nitrogen and oxygen atoms in total. The first-order valence-corrected chi connectivity index (χ1v) is 12.0. The van der Waals surface area contributed by atoms with E-state index in [1.807, 2.05) is 36.4 Å². The van der Waals surface area contributed by atoms with Crippen LogP contribution in [0.5, 0.6) is 5.75 Å². The lowest BCUT2D eigenvalue weighted by atomic mass is 9.96. The molecule has 1 atom stereocenters. The molecule has 2 aromatic heterocycles. The lowest BCUT2D eigenvalue weighted by molar-refractivity contribution is 0.0709. The lowest BCUT2D eigenvalue weighted by Crippen LogP contribution is -2.50. The van der Waals surface area contributed by atoms with Crippen LogP contribution in [0.3, 0.4) is 0 Å². The van der Waals surface area contributed by atoms with Gasteiger partial charge in [0, 0.05) is 43.1 Å². The molecule has 1 fully saturated rings. The molecule has 0 aliphatic carbocycles. The van der Waals surface area contributed by atoms with Gasteiger partial charge < -0.3 is 19.3 Å². The number of carbonyl (C=O) groups excluding carboxylic acids is 1. The Kier molecular flexibility index (Phi) is 7.73. The van der Waals surface area contributed by atoms with Crippen LogP contribution in [-0.4, -0.2) is 63.3 Å². The maximum atomic E-state index is 13.9. The molecule has 1 saturated heterocycles. The van der Waals surface area contributed by atoms with E-state index in [1.54, 1.807) is 41.6 Å². The smallest absolute Gasteiger partial charge is 0.409 e. The number of aromatic nitrogens is 2. The van der Waals surface area contributed by atoms with E-state index >= 15 is 0 Å². The number of nitrogens with zero attached hydrogens (tertiary/aromatic N) is 4. The van der Waals surface area contributed by atoms with E-state index < -0.39 is 6.04 Å². The highest BCUT2D eigenvalue weighted by Crippen LogP contribution is 2.36. The standard InChI is InChI=1S/C26H29ClN4O4/c1-3-35-26(34)30-14-12-29(13-15-30)24(20-9-4-5-10-21(20)27)23-22(32)16-18(2)31(25(23)33)17-19-8-6-7-11-28-19/h4-11,16,24,32H,3,12-15,17H2,1-2H3/t24-/m0/s1. The molecule has 1 N–H and O–H groups in total. The summed E-state index contributed by atoms with van der Waals surface area (Å²) >= 11 is 6.60. The van der Waals surface area contributed by atoms with Gasteiger partial charge in [-0.3, -0.25) is 14.7 Å². The largest absolute Gasteiger partial charge is 0.507 e. The highest BCUT2D eigenvalue weighted by molar-refractivity contribution is 6.31. The zero-order valence-electron chi connectivity index (χ0n) is 19.9. The van der Waals surface area contributed by atoms with Gasteiger partial charge in [-0.2, -0.15) is 0 Å². The summed E-state index contributed by atoms with van der Waals surface area (Å²) < 4.78 is 6.76. The van der Waals surface area contributed by atoms with Gasteiger partial charge in [0.1, 0.15) is 5.75 Å². The van der Waals surface area contributed by atoms with Crippen LogP contribution in [0, 0.1) is 6.92 Å². The minimum Gasteiger partial charge on any atom is -0.507 e. The van der Waals surface area contributed by atoms with Crippen LogP contribution < -0.4 is 5.56 Å². The summed E-state index contributed by atoms with van der Waals surface area (Å²) in [6.07, 6.45) is 1.34. The Morgan fingerprint density at radius 1 is 1.14 bits per heavy atom. The van der Waals surface area contributed by atoms with Gasteiger partial charge in [-0.15, -0.1) is 0 Å². The van der Waals surface area contributed by atoms with Gasteiger partial charge in [0.05, 0.1) is 30.5 Å². The number of benzene rings is 1. The maximum absolute atomic E-state index is 13.9. The van der Waals surface area contributed by atoms with Crippen LogP contribution in [0.4, 0.5) is 4.79 Å². The third kappa shape index (κ3) is 5.33. The highest BCUT2D eigenvalue weighted by Gasteiger charge is 2.33. The molecule has 1 amide bonds. The van der Waals surface area contributed by atoms with Crippen molar-refractivity contribution in [3.8, 4) is 5.75 Å². The summed E-state index contributed by atoms with van der Waals surface area (Å²) in [5, 5.41) is 11.5. The van der Waals surface area contributed by atoms with Crippen molar-refractivity contribution in [2.24, 2.45) is 0 Å². The van der Waals surface area contributed by atoms with E-state index in [4.69, 9.17) is 16.3 Å². The van der Waals surface area contributed by atoms with Gasteiger partial charge in [0.25, 0.3) is 5.56 Å². The number of aryl methyl sites for hydroxylation is 1. The lowest BCUT2D eigenvalue weighted by Gasteiger charge is -2.39. The van der Waals surface area contributed by atoms with E-state index in [1.165, 1.54) is 0 Å². The van der Waals surface area contributed by atoms with Crippen molar-refractivity contribution in [3.63, 3.8) is 0 Å². The van der Waals surface area contributed by atoms with Crippen molar-refractivity contribution in [2.75, 3.05) is 32.8 Å². The summed E-state index contributed by atoms with van der Waals surface area (Å²) in [6.45, 7) is 6.01. The topological polar surface area (TPSA) is 87.9 Å². The van der Waals surface area contributed by atoms with Crippen LogP contribution in [0.1, 0.15) is 35.5 Å². The Bertz CT molecular complexity index is 1240. The van der Waals surface area contributed by atoms with Crippen LogP contribution in [0.2, 0.25) is 5.02 Å². The monoisotopic (exact) mass is 496 g/mol. The minimum absolute atomic E-state index is 0.0810. The number of halogens is 1. The van der Waals surface area contributed by atoms with Gasteiger partial charge in [-0.1, -0.05) is 35.9 Å². The summed E-state index contributed by atoms with van der Waals surface area (Å²) in [5.41, 5.74) is 2.05. The Labute approximate surface area is 209 Å². The molecule has 1 aromatic carbocycles. The van der Waals surface area contributed by atoms with Crippen molar-refractivity contribution in [1.29, 1.82) is 0 Å². The zero-order chi connectivity index (χ0) is 24.9. The zero-order valence-corrected chi connectivity index (χ0v) is 20.6. The summed E-state index contributed by atoms with van der Waals surface area (Å²) in [7, 11) is 0. The molecule has 0 unspecified atom stereocenters. The molecule has 3 heterocycles. The fourth-order valence-electron chi connectivity index (χ4n) is 4.48. The third-order valence-corrected chi connectivity index (χ3v) is 6.59. The first kappa shape index (κ1) is 24.8. The first-order valence-electron chi connectivity index (χ1n) is 11.6. The van der Waals surface area contributed by atoms with Crippen molar-refractivity contribution < 1.29 is 14.6 Å². The SMILES string of the molecule is CCOC(=O)N1CCN([C@@H](c2ccccc2Cl)c2c(O)cc(C)n(Cc3ccccn3)c2=O)CC1. The molecular weight excluding hydrogens is 468 g/mol. The Hall–Kier alpha value is -3.36. The average Bonchev–Trinajstić information content (AvgIpc) is 2.86. The first-order chi connectivity index (χ1) is 16.9. The number of aromatic hydroxyl groups is 1. The molecular formula is C26H29ClN4O4. The second-order valence-corrected chi connectivity index (χ2v) is 8.85. The van der Waals surface area contributed by atoms with Crippen molar-refractivity contribution in [3.05, 3.63) is 92.6 Å². The molecule has 1 aliphatic heterocycles. The molecule has 0 saturated carbocycles. The van der Waals surface area contributed by atoms with E-state index in [0.29, 0.717) is 43.5 Å². The molecule has 0 radical (unpaired) electrons. The summed E-state index contributed by atoms with van der Waals surface area (Å²) in [5.74, 6) is -0.0810. The van der Waals surface area contributed by atoms with E-state index in [9.17, 15) is 14.7 Å². The molecule has 3 aromatic rings. The predicted molar refractivity (Wildman–Crippen MR) is 134 cm³/mol. The van der Waals surface area contributed by atoms with Gasteiger partial charge in [0.15, 0.2) is 0 Å². The predicted octanol–water partition coefficient (Wildman–Crippen LogP) is 3.82. The Balaban J connectivity index is 1.76. The second-order valence-electron chi connectivity index (χ2n) is 8.44. The molecule has 0 spiro atoms. The summed E-state index contributed by atoms with van der Waals surface area (Å²) in [6, 6.07) is 13.9. The molecule has 9 heteroatoms. The molecule has 0 bridgehead atoms. The average molecular weight is 497 g/mol. The number of piperazine rings is 1. The number of pyridine rings is 2. The van der Waals surface area contributed by atoms with Crippen LogP contribution in [0.25, 0.3) is 0 Å². The number of hydrogen-bond acceptors (Lipinski definition) is 6. The van der Waals surface area contributed by atoms with Crippen molar-refractivity contribution in [1.82, 2.24) is 19.4 Å². The third-order valence-electron chi connectivity index (χ3n) is 6.25. The number of hydrogen-bond donors (Lipinski definition) is 1. The number of ether oxygens (including phenoxy) is 1. The van der Waals surface area contributed by atoms with Gasteiger partial charge in [-0.05, 0) is 43.7 Å². The Morgan fingerprint density at radius 2 is 1.86 bits per heavy atom. The molecule has 1 aliphatic rings. The number of rotatable bonds is 6. The van der Waals surface area contributed by atoms with Gasteiger partial charge in [0.2, 0.25) is 0 Å². The van der Waals surface area contributed by atoms with E-state index in [2.05, 4.69) is 9.88 Å². The minimum atomic E-state index is -0.587. The number of carbonyl (C=O) groups is 1. The number of amides is 1. The molecule has 4 rings (SSSR count).